The maximum atomic E-state index is 5.40. The van der Waals surface area contributed by atoms with Crippen molar-refractivity contribution in [1.82, 2.24) is 0 Å². The molecule has 0 amide bonds. The molecular weight excluding hydrogens is 126 g/mol. The van der Waals surface area contributed by atoms with Crippen molar-refractivity contribution in [3.63, 3.8) is 0 Å². The van der Waals surface area contributed by atoms with Crippen molar-refractivity contribution in [3.05, 3.63) is 24.3 Å². The smallest absolute Gasteiger partial charge is 0.167 e. The summed E-state index contributed by atoms with van der Waals surface area (Å²) in [5, 5.41) is 3.18. The summed E-state index contributed by atoms with van der Waals surface area (Å²) in [7, 11) is 0. The molecule has 0 radical (unpaired) electrons. The number of para-hydroxylation sites is 2. The Morgan fingerprint density at radius 2 is 2.20 bits per heavy atom. The predicted molar refractivity (Wildman–Crippen MR) is 40.2 cm³/mol. The highest BCUT2D eigenvalue weighted by Crippen LogP contribution is 2.30. The van der Waals surface area contributed by atoms with Gasteiger partial charge in [0.05, 0.1) is 5.69 Å². The topological polar surface area (TPSA) is 21.3 Å². The third kappa shape index (κ3) is 0.727. The van der Waals surface area contributed by atoms with E-state index in [9.17, 15) is 0 Å². The van der Waals surface area contributed by atoms with Crippen molar-refractivity contribution in [2.24, 2.45) is 0 Å². The molecule has 1 aromatic carbocycles. The molecule has 1 heterocycles. The molecule has 10 heavy (non-hydrogen) atoms. The number of hydrogen-bond donors (Lipinski definition) is 1. The van der Waals surface area contributed by atoms with Gasteiger partial charge in [0.1, 0.15) is 5.75 Å². The summed E-state index contributed by atoms with van der Waals surface area (Å²) in [6.45, 7) is 1.99. The van der Waals surface area contributed by atoms with Crippen LogP contribution in [0.2, 0.25) is 0 Å². The lowest BCUT2D eigenvalue weighted by atomic mass is 10.3. The van der Waals surface area contributed by atoms with Crippen molar-refractivity contribution >= 4 is 5.69 Å². The van der Waals surface area contributed by atoms with E-state index in [1.807, 2.05) is 31.2 Å². The Bertz CT molecular complexity index is 222. The van der Waals surface area contributed by atoms with Gasteiger partial charge in [-0.3, -0.25) is 0 Å². The number of nitrogens with one attached hydrogen (secondary N) is 1. The number of fused-ring (bicyclic) bond motifs is 1. The first-order valence-corrected chi connectivity index (χ1v) is 3.38. The molecule has 1 atom stereocenters. The van der Waals surface area contributed by atoms with Crippen LogP contribution in [-0.4, -0.2) is 6.23 Å². The molecule has 1 aliphatic rings. The Morgan fingerprint density at radius 3 is 3.00 bits per heavy atom. The summed E-state index contributed by atoms with van der Waals surface area (Å²) in [6, 6.07) is 7.94. The van der Waals surface area contributed by atoms with Gasteiger partial charge in [-0.05, 0) is 19.1 Å². The van der Waals surface area contributed by atoms with Gasteiger partial charge in [-0.15, -0.1) is 0 Å². The Morgan fingerprint density at radius 1 is 1.40 bits per heavy atom. The molecule has 0 aromatic heterocycles. The van der Waals surface area contributed by atoms with Crippen molar-refractivity contribution in [1.29, 1.82) is 0 Å². The lowest BCUT2D eigenvalue weighted by Gasteiger charge is -2.00. The summed E-state index contributed by atoms with van der Waals surface area (Å²) >= 11 is 0. The number of rotatable bonds is 0. The standard InChI is InChI=1S/C8H9NO/c1-6-9-7-4-2-3-5-8(7)10-6/h2-6,9H,1H3/t6-/m0/s1. The zero-order valence-electron chi connectivity index (χ0n) is 5.79. The molecule has 0 unspecified atom stereocenters. The Balaban J connectivity index is 2.42. The minimum absolute atomic E-state index is 0.123. The third-order valence-electron chi connectivity index (χ3n) is 1.55. The first kappa shape index (κ1) is 5.59. The van der Waals surface area contributed by atoms with E-state index in [1.54, 1.807) is 0 Å². The third-order valence-corrected chi connectivity index (χ3v) is 1.55. The molecule has 2 heteroatoms. The number of benzene rings is 1. The summed E-state index contributed by atoms with van der Waals surface area (Å²) in [4.78, 5) is 0. The van der Waals surface area contributed by atoms with Gasteiger partial charge in [-0.2, -0.15) is 0 Å². The highest BCUT2D eigenvalue weighted by atomic mass is 16.5. The van der Waals surface area contributed by atoms with Crippen LogP contribution in [0.5, 0.6) is 5.75 Å². The van der Waals surface area contributed by atoms with E-state index in [1.165, 1.54) is 0 Å². The second-order valence-electron chi connectivity index (χ2n) is 2.40. The number of ether oxygens (including phenoxy) is 1. The molecular formula is C8H9NO. The van der Waals surface area contributed by atoms with Gasteiger partial charge in [-0.25, -0.2) is 0 Å². The lowest BCUT2D eigenvalue weighted by Crippen LogP contribution is -2.13. The molecule has 1 aromatic rings. The van der Waals surface area contributed by atoms with Crippen LogP contribution >= 0.6 is 0 Å². The van der Waals surface area contributed by atoms with Gasteiger partial charge < -0.3 is 10.1 Å². The molecule has 0 bridgehead atoms. The maximum Gasteiger partial charge on any atom is 0.167 e. The second kappa shape index (κ2) is 1.90. The molecule has 0 spiro atoms. The molecule has 0 aliphatic carbocycles. The first-order valence-electron chi connectivity index (χ1n) is 3.38. The fourth-order valence-electron chi connectivity index (χ4n) is 1.13. The lowest BCUT2D eigenvalue weighted by molar-refractivity contribution is 0.275. The maximum absolute atomic E-state index is 5.40. The minimum Gasteiger partial charge on any atom is -0.469 e. The van der Waals surface area contributed by atoms with Crippen LogP contribution in [0, 0.1) is 0 Å². The molecule has 1 N–H and O–H groups in total. The minimum atomic E-state index is 0.123. The van der Waals surface area contributed by atoms with E-state index in [2.05, 4.69) is 5.32 Å². The van der Waals surface area contributed by atoms with E-state index < -0.39 is 0 Å². The monoisotopic (exact) mass is 135 g/mol. The normalized spacial score (nSPS) is 21.1. The quantitative estimate of drug-likeness (QED) is 0.586. The fourth-order valence-corrected chi connectivity index (χ4v) is 1.13. The van der Waals surface area contributed by atoms with E-state index in [0.29, 0.717) is 0 Å². The molecule has 2 nitrogen and oxygen atoms in total. The molecule has 52 valence electrons. The van der Waals surface area contributed by atoms with E-state index >= 15 is 0 Å². The number of hydrogen-bond acceptors (Lipinski definition) is 2. The van der Waals surface area contributed by atoms with Crippen molar-refractivity contribution < 1.29 is 4.74 Å². The van der Waals surface area contributed by atoms with Gasteiger partial charge in [0.15, 0.2) is 6.23 Å². The molecule has 1 aliphatic heterocycles. The Hall–Kier alpha value is -1.18. The van der Waals surface area contributed by atoms with Crippen LogP contribution in [0.15, 0.2) is 24.3 Å². The molecule has 0 saturated carbocycles. The van der Waals surface area contributed by atoms with Crippen LogP contribution in [0.1, 0.15) is 6.92 Å². The highest BCUT2D eigenvalue weighted by Gasteiger charge is 2.15. The fraction of sp³-hybridized carbons (Fsp3) is 0.250. The predicted octanol–water partition coefficient (Wildman–Crippen LogP) is 1.84. The summed E-state index contributed by atoms with van der Waals surface area (Å²) in [5.74, 6) is 0.954. The average Bonchev–Trinajstić information content (AvgIpc) is 2.27. The van der Waals surface area contributed by atoms with Gasteiger partial charge in [0.2, 0.25) is 0 Å². The van der Waals surface area contributed by atoms with Crippen LogP contribution in [-0.2, 0) is 0 Å². The van der Waals surface area contributed by atoms with Crippen molar-refractivity contribution in [3.8, 4) is 5.75 Å². The highest BCUT2D eigenvalue weighted by molar-refractivity contribution is 5.59. The first-order chi connectivity index (χ1) is 4.86. The second-order valence-corrected chi connectivity index (χ2v) is 2.40. The summed E-state index contributed by atoms with van der Waals surface area (Å²) < 4.78 is 5.40. The molecule has 2 rings (SSSR count). The van der Waals surface area contributed by atoms with Gasteiger partial charge in [0, 0.05) is 0 Å². The van der Waals surface area contributed by atoms with E-state index in [-0.39, 0.29) is 6.23 Å². The van der Waals surface area contributed by atoms with E-state index in [4.69, 9.17) is 4.74 Å². The SMILES string of the molecule is C[C@H]1Nc2ccccc2O1. The summed E-state index contributed by atoms with van der Waals surface area (Å²) in [6.07, 6.45) is 0.123. The molecule has 0 saturated heterocycles. The zero-order valence-corrected chi connectivity index (χ0v) is 5.79. The largest absolute Gasteiger partial charge is 0.469 e. The Labute approximate surface area is 59.8 Å². The van der Waals surface area contributed by atoms with Crippen LogP contribution in [0.3, 0.4) is 0 Å². The van der Waals surface area contributed by atoms with Crippen LogP contribution in [0.25, 0.3) is 0 Å². The van der Waals surface area contributed by atoms with Gasteiger partial charge >= 0.3 is 0 Å². The van der Waals surface area contributed by atoms with Gasteiger partial charge in [0.25, 0.3) is 0 Å². The van der Waals surface area contributed by atoms with Gasteiger partial charge in [-0.1, -0.05) is 12.1 Å². The number of anilines is 1. The van der Waals surface area contributed by atoms with E-state index in [0.717, 1.165) is 11.4 Å². The summed E-state index contributed by atoms with van der Waals surface area (Å²) in [5.41, 5.74) is 1.09. The zero-order chi connectivity index (χ0) is 6.97. The van der Waals surface area contributed by atoms with Crippen molar-refractivity contribution in [2.75, 3.05) is 5.32 Å². The Kier molecular flexibility index (Phi) is 1.07. The average molecular weight is 135 g/mol. The van der Waals surface area contributed by atoms with Crippen molar-refractivity contribution in [2.45, 2.75) is 13.2 Å². The van der Waals surface area contributed by atoms with Crippen LogP contribution in [0.4, 0.5) is 5.69 Å². The molecule has 0 fully saturated rings. The van der Waals surface area contributed by atoms with Crippen LogP contribution < -0.4 is 10.1 Å².